The van der Waals surface area contributed by atoms with Gasteiger partial charge in [-0.1, -0.05) is 35.5 Å². The molecule has 0 spiro atoms. The van der Waals surface area contributed by atoms with Gasteiger partial charge in [0, 0.05) is 31.2 Å². The molecule has 168 valence electrons. The van der Waals surface area contributed by atoms with E-state index in [2.05, 4.69) is 20.4 Å². The summed E-state index contributed by atoms with van der Waals surface area (Å²) in [6.07, 6.45) is 2.24. The molecule has 32 heavy (non-hydrogen) atoms. The normalized spacial score (nSPS) is 13.2. The molecule has 0 atom stereocenters. The van der Waals surface area contributed by atoms with Crippen LogP contribution in [0.5, 0.6) is 5.75 Å². The van der Waals surface area contributed by atoms with E-state index in [1.54, 1.807) is 0 Å². The Morgan fingerprint density at radius 3 is 2.53 bits per heavy atom. The molecule has 8 nitrogen and oxygen atoms in total. The van der Waals surface area contributed by atoms with Crippen molar-refractivity contribution in [1.29, 1.82) is 0 Å². The standard InChI is InChI=1S/C24H29N5O3/c1-28(2)14-15-29(16-18-6-4-3-5-7-18)24(30)25-20-10-12-21(13-11-20)31-17-22-26-23(32-27-22)19-8-9-19/h3-7,10-13,19H,8-9,14-17H2,1-2H3,(H,25,30). The van der Waals surface area contributed by atoms with E-state index in [1.807, 2.05) is 73.6 Å². The average Bonchev–Trinajstić information content (AvgIpc) is 3.54. The fourth-order valence-corrected chi connectivity index (χ4v) is 3.18. The number of benzene rings is 2. The van der Waals surface area contributed by atoms with Crippen LogP contribution in [0.1, 0.15) is 36.0 Å². The minimum atomic E-state index is -0.135. The van der Waals surface area contributed by atoms with Gasteiger partial charge in [-0.3, -0.25) is 0 Å². The van der Waals surface area contributed by atoms with E-state index >= 15 is 0 Å². The highest BCUT2D eigenvalue weighted by Gasteiger charge is 2.29. The van der Waals surface area contributed by atoms with Crippen LogP contribution >= 0.6 is 0 Å². The summed E-state index contributed by atoms with van der Waals surface area (Å²) in [6.45, 7) is 2.21. The van der Waals surface area contributed by atoms with Gasteiger partial charge in [0.15, 0.2) is 6.61 Å². The first-order chi connectivity index (χ1) is 15.6. The SMILES string of the molecule is CN(C)CCN(Cc1ccccc1)C(=O)Nc1ccc(OCc2noc(C3CC3)n2)cc1. The summed E-state index contributed by atoms with van der Waals surface area (Å²) in [7, 11) is 4.00. The maximum atomic E-state index is 12.9. The molecule has 1 aromatic heterocycles. The lowest BCUT2D eigenvalue weighted by Crippen LogP contribution is -2.39. The van der Waals surface area contributed by atoms with E-state index in [0.717, 1.165) is 24.9 Å². The van der Waals surface area contributed by atoms with Crippen molar-refractivity contribution in [1.82, 2.24) is 19.9 Å². The second kappa shape index (κ2) is 10.3. The number of amides is 2. The minimum Gasteiger partial charge on any atom is -0.485 e. The van der Waals surface area contributed by atoms with Crippen molar-refractivity contribution >= 4 is 11.7 Å². The molecule has 1 heterocycles. The van der Waals surface area contributed by atoms with Gasteiger partial charge in [0.2, 0.25) is 11.7 Å². The Labute approximate surface area is 188 Å². The highest BCUT2D eigenvalue weighted by atomic mass is 16.5. The summed E-state index contributed by atoms with van der Waals surface area (Å²) >= 11 is 0. The Balaban J connectivity index is 1.31. The van der Waals surface area contributed by atoms with E-state index < -0.39 is 0 Å². The van der Waals surface area contributed by atoms with Gasteiger partial charge >= 0.3 is 6.03 Å². The Hall–Kier alpha value is -3.39. The largest absolute Gasteiger partial charge is 0.485 e. The molecule has 1 aliphatic carbocycles. The molecule has 0 bridgehead atoms. The Bertz CT molecular complexity index is 1000. The summed E-state index contributed by atoms with van der Waals surface area (Å²) in [5, 5.41) is 6.94. The topological polar surface area (TPSA) is 83.7 Å². The minimum absolute atomic E-state index is 0.135. The third kappa shape index (κ3) is 6.31. The zero-order valence-corrected chi connectivity index (χ0v) is 18.5. The van der Waals surface area contributed by atoms with Crippen LogP contribution in [-0.2, 0) is 13.2 Å². The smallest absolute Gasteiger partial charge is 0.322 e. The van der Waals surface area contributed by atoms with Gasteiger partial charge in [-0.05, 0) is 56.8 Å². The summed E-state index contributed by atoms with van der Waals surface area (Å²) in [5.74, 6) is 2.35. The van der Waals surface area contributed by atoms with E-state index in [9.17, 15) is 4.79 Å². The first-order valence-electron chi connectivity index (χ1n) is 10.9. The van der Waals surface area contributed by atoms with Gasteiger partial charge in [-0.15, -0.1) is 0 Å². The first-order valence-corrected chi connectivity index (χ1v) is 10.9. The van der Waals surface area contributed by atoms with Crippen LogP contribution in [-0.4, -0.2) is 53.2 Å². The molecule has 8 heteroatoms. The predicted octanol–water partition coefficient (Wildman–Crippen LogP) is 4.12. The second-order valence-electron chi connectivity index (χ2n) is 8.28. The molecule has 1 aliphatic rings. The molecule has 2 amide bonds. The lowest BCUT2D eigenvalue weighted by atomic mass is 10.2. The van der Waals surface area contributed by atoms with Crippen molar-refractivity contribution in [3.8, 4) is 5.75 Å². The van der Waals surface area contributed by atoms with Crippen LogP contribution in [0, 0.1) is 0 Å². The molecule has 0 radical (unpaired) electrons. The lowest BCUT2D eigenvalue weighted by molar-refractivity contribution is 0.202. The molecule has 4 rings (SSSR count). The molecule has 0 aliphatic heterocycles. The van der Waals surface area contributed by atoms with Crippen LogP contribution in [0.15, 0.2) is 59.1 Å². The van der Waals surface area contributed by atoms with Crippen molar-refractivity contribution in [2.24, 2.45) is 0 Å². The highest BCUT2D eigenvalue weighted by molar-refractivity contribution is 5.89. The zero-order chi connectivity index (χ0) is 22.3. The number of nitrogens with one attached hydrogen (secondary N) is 1. The van der Waals surface area contributed by atoms with Crippen molar-refractivity contribution in [3.63, 3.8) is 0 Å². The maximum absolute atomic E-state index is 12.9. The fourth-order valence-electron chi connectivity index (χ4n) is 3.18. The van der Waals surface area contributed by atoms with E-state index in [1.165, 1.54) is 0 Å². The summed E-state index contributed by atoms with van der Waals surface area (Å²) in [6, 6.07) is 17.1. The van der Waals surface area contributed by atoms with Crippen LogP contribution in [0.25, 0.3) is 0 Å². The maximum Gasteiger partial charge on any atom is 0.322 e. The molecule has 0 unspecified atom stereocenters. The number of anilines is 1. The van der Waals surface area contributed by atoms with Gasteiger partial charge in [-0.2, -0.15) is 4.98 Å². The van der Waals surface area contributed by atoms with Gasteiger partial charge in [0.25, 0.3) is 0 Å². The van der Waals surface area contributed by atoms with E-state index in [-0.39, 0.29) is 12.6 Å². The van der Waals surface area contributed by atoms with Crippen molar-refractivity contribution in [2.45, 2.75) is 31.9 Å². The van der Waals surface area contributed by atoms with E-state index in [0.29, 0.717) is 42.2 Å². The number of carbonyl (C=O) groups is 1. The van der Waals surface area contributed by atoms with Crippen molar-refractivity contribution in [3.05, 3.63) is 71.9 Å². The van der Waals surface area contributed by atoms with E-state index in [4.69, 9.17) is 9.26 Å². The Morgan fingerprint density at radius 1 is 1.09 bits per heavy atom. The second-order valence-corrected chi connectivity index (χ2v) is 8.28. The molecule has 1 saturated carbocycles. The number of aromatic nitrogens is 2. The van der Waals surface area contributed by atoms with Crippen LogP contribution in [0.3, 0.4) is 0 Å². The number of likely N-dealkylation sites (N-methyl/N-ethyl adjacent to an activating group) is 1. The Kier molecular flexibility index (Phi) is 7.01. The number of hydrogen-bond acceptors (Lipinski definition) is 6. The summed E-state index contributed by atoms with van der Waals surface area (Å²) in [4.78, 5) is 21.2. The van der Waals surface area contributed by atoms with Gasteiger partial charge in [0.1, 0.15) is 5.75 Å². The molecule has 1 N–H and O–H groups in total. The third-order valence-electron chi connectivity index (χ3n) is 5.20. The average molecular weight is 436 g/mol. The van der Waals surface area contributed by atoms with Crippen LogP contribution in [0.4, 0.5) is 10.5 Å². The number of nitrogens with zero attached hydrogens (tertiary/aromatic N) is 4. The number of hydrogen-bond donors (Lipinski definition) is 1. The number of urea groups is 1. The number of rotatable bonds is 10. The van der Waals surface area contributed by atoms with Crippen molar-refractivity contribution in [2.75, 3.05) is 32.5 Å². The third-order valence-corrected chi connectivity index (χ3v) is 5.20. The molecular formula is C24H29N5O3. The van der Waals surface area contributed by atoms with Gasteiger partial charge in [0.05, 0.1) is 0 Å². The molecule has 3 aromatic rings. The fraction of sp³-hybridized carbons (Fsp3) is 0.375. The monoisotopic (exact) mass is 435 g/mol. The Morgan fingerprint density at radius 2 is 1.84 bits per heavy atom. The highest BCUT2D eigenvalue weighted by Crippen LogP contribution is 2.38. The predicted molar refractivity (Wildman–Crippen MR) is 121 cm³/mol. The molecule has 1 fully saturated rings. The molecule has 2 aromatic carbocycles. The molecular weight excluding hydrogens is 406 g/mol. The molecule has 0 saturated heterocycles. The van der Waals surface area contributed by atoms with Gasteiger partial charge in [-0.25, -0.2) is 4.79 Å². The zero-order valence-electron chi connectivity index (χ0n) is 18.5. The number of ether oxygens (including phenoxy) is 1. The summed E-state index contributed by atoms with van der Waals surface area (Å²) < 4.78 is 11.0. The first kappa shape index (κ1) is 21.8. The van der Waals surface area contributed by atoms with Crippen LogP contribution in [0.2, 0.25) is 0 Å². The van der Waals surface area contributed by atoms with Crippen molar-refractivity contribution < 1.29 is 14.1 Å². The number of carbonyl (C=O) groups excluding carboxylic acids is 1. The lowest BCUT2D eigenvalue weighted by Gasteiger charge is -2.25. The van der Waals surface area contributed by atoms with Gasteiger partial charge < -0.3 is 24.4 Å². The summed E-state index contributed by atoms with van der Waals surface area (Å²) in [5.41, 5.74) is 1.80. The van der Waals surface area contributed by atoms with Crippen LogP contribution < -0.4 is 10.1 Å². The quantitative estimate of drug-likeness (QED) is 0.516.